The maximum atomic E-state index is 11.6. The summed E-state index contributed by atoms with van der Waals surface area (Å²) in [5.41, 5.74) is 3.38. The van der Waals surface area contributed by atoms with Crippen molar-refractivity contribution >= 4 is 24.0 Å². The second kappa shape index (κ2) is 9.78. The van der Waals surface area contributed by atoms with Crippen LogP contribution < -0.4 is 10.6 Å². The number of nitrogens with one attached hydrogen (secondary N) is 2. The van der Waals surface area contributed by atoms with Crippen LogP contribution in [-0.4, -0.2) is 32.7 Å². The van der Waals surface area contributed by atoms with Gasteiger partial charge in [0.25, 0.3) is 0 Å². The Balaban J connectivity index is 0.00000324. The minimum absolute atomic E-state index is 0. The van der Waals surface area contributed by atoms with E-state index >= 15 is 0 Å². The van der Waals surface area contributed by atoms with Gasteiger partial charge in [0, 0.05) is 19.3 Å². The van der Waals surface area contributed by atoms with Gasteiger partial charge < -0.3 is 15.4 Å². The van der Waals surface area contributed by atoms with Gasteiger partial charge in [-0.05, 0) is 36.6 Å². The molecule has 5 heteroatoms. The summed E-state index contributed by atoms with van der Waals surface area (Å²) in [6.07, 6.45) is 0.974. The SMILES string of the molecule is CCc1cc(NC(=O)CNCCOC)ccc1C.Cl. The first-order valence-corrected chi connectivity index (χ1v) is 6.26. The molecule has 1 aromatic carbocycles. The van der Waals surface area contributed by atoms with Gasteiger partial charge in [0.2, 0.25) is 5.91 Å². The first-order valence-electron chi connectivity index (χ1n) is 6.26. The summed E-state index contributed by atoms with van der Waals surface area (Å²) in [5.74, 6) is -0.0305. The highest BCUT2D eigenvalue weighted by Gasteiger charge is 2.03. The van der Waals surface area contributed by atoms with Crippen molar-refractivity contribution in [2.45, 2.75) is 20.3 Å². The number of methoxy groups -OCH3 is 1. The molecular formula is C14H23ClN2O2. The molecule has 0 aliphatic carbocycles. The third-order valence-electron chi connectivity index (χ3n) is 2.78. The van der Waals surface area contributed by atoms with E-state index in [1.807, 2.05) is 18.2 Å². The molecule has 0 spiro atoms. The van der Waals surface area contributed by atoms with E-state index in [2.05, 4.69) is 24.5 Å². The number of rotatable bonds is 7. The third kappa shape index (κ3) is 6.57. The summed E-state index contributed by atoms with van der Waals surface area (Å²) in [7, 11) is 1.64. The Kier molecular flexibility index (Phi) is 9.21. The molecule has 1 aromatic rings. The zero-order chi connectivity index (χ0) is 13.4. The molecule has 0 unspecified atom stereocenters. The summed E-state index contributed by atoms with van der Waals surface area (Å²) in [6.45, 7) is 5.78. The van der Waals surface area contributed by atoms with Gasteiger partial charge in [-0.2, -0.15) is 0 Å². The fourth-order valence-corrected chi connectivity index (χ4v) is 1.71. The second-order valence-electron chi connectivity index (χ2n) is 4.21. The van der Waals surface area contributed by atoms with Crippen LogP contribution in [0.5, 0.6) is 0 Å². The summed E-state index contributed by atoms with van der Waals surface area (Å²) in [4.78, 5) is 11.6. The Labute approximate surface area is 121 Å². The van der Waals surface area contributed by atoms with E-state index in [0.29, 0.717) is 19.7 Å². The highest BCUT2D eigenvalue weighted by Crippen LogP contribution is 2.15. The maximum Gasteiger partial charge on any atom is 0.238 e. The lowest BCUT2D eigenvalue weighted by Gasteiger charge is -2.09. The minimum atomic E-state index is -0.0305. The van der Waals surface area contributed by atoms with Gasteiger partial charge in [-0.15, -0.1) is 12.4 Å². The topological polar surface area (TPSA) is 50.4 Å². The standard InChI is InChI=1S/C14H22N2O2.ClH/c1-4-12-9-13(6-5-11(12)2)16-14(17)10-15-7-8-18-3;/h5-6,9,15H,4,7-8,10H2,1-3H3,(H,16,17);1H. The number of amides is 1. The van der Waals surface area contributed by atoms with Crippen LogP contribution in [0, 0.1) is 6.92 Å². The highest BCUT2D eigenvalue weighted by atomic mass is 35.5. The molecule has 108 valence electrons. The van der Waals surface area contributed by atoms with Crippen LogP contribution in [0.25, 0.3) is 0 Å². The molecule has 0 fully saturated rings. The van der Waals surface area contributed by atoms with Crippen LogP contribution in [0.3, 0.4) is 0 Å². The van der Waals surface area contributed by atoms with Gasteiger partial charge in [0.05, 0.1) is 13.2 Å². The number of hydrogen-bond acceptors (Lipinski definition) is 3. The number of carbonyl (C=O) groups excluding carboxylic acids is 1. The Morgan fingerprint density at radius 2 is 2.11 bits per heavy atom. The first kappa shape index (κ1) is 17.9. The quantitative estimate of drug-likeness (QED) is 0.755. The van der Waals surface area contributed by atoms with Crippen LogP contribution in [-0.2, 0) is 16.0 Å². The maximum absolute atomic E-state index is 11.6. The van der Waals surface area contributed by atoms with Gasteiger partial charge >= 0.3 is 0 Å². The van der Waals surface area contributed by atoms with Crippen LogP contribution in [0.1, 0.15) is 18.1 Å². The Morgan fingerprint density at radius 3 is 2.74 bits per heavy atom. The van der Waals surface area contributed by atoms with Crippen molar-refractivity contribution in [3.8, 4) is 0 Å². The highest BCUT2D eigenvalue weighted by molar-refractivity contribution is 5.92. The average Bonchev–Trinajstić information content (AvgIpc) is 2.37. The van der Waals surface area contributed by atoms with Crippen molar-refractivity contribution in [1.82, 2.24) is 5.32 Å². The smallest absolute Gasteiger partial charge is 0.238 e. The number of benzene rings is 1. The number of anilines is 1. The van der Waals surface area contributed by atoms with Crippen molar-refractivity contribution in [1.29, 1.82) is 0 Å². The first-order chi connectivity index (χ1) is 8.67. The lowest BCUT2D eigenvalue weighted by molar-refractivity contribution is -0.115. The summed E-state index contributed by atoms with van der Waals surface area (Å²) in [6, 6.07) is 6.00. The van der Waals surface area contributed by atoms with Crippen LogP contribution in [0.15, 0.2) is 18.2 Å². The lowest BCUT2D eigenvalue weighted by atomic mass is 10.1. The molecule has 0 aliphatic heterocycles. The van der Waals surface area contributed by atoms with Crippen molar-refractivity contribution in [3.63, 3.8) is 0 Å². The fourth-order valence-electron chi connectivity index (χ4n) is 1.71. The largest absolute Gasteiger partial charge is 0.383 e. The van der Waals surface area contributed by atoms with Crippen molar-refractivity contribution in [2.24, 2.45) is 0 Å². The van der Waals surface area contributed by atoms with Crippen LogP contribution in [0.2, 0.25) is 0 Å². The second-order valence-corrected chi connectivity index (χ2v) is 4.21. The van der Waals surface area contributed by atoms with E-state index in [9.17, 15) is 4.79 Å². The number of carbonyl (C=O) groups is 1. The number of aryl methyl sites for hydroxylation is 2. The molecule has 0 heterocycles. The molecule has 2 N–H and O–H groups in total. The summed E-state index contributed by atoms with van der Waals surface area (Å²) < 4.78 is 4.89. The zero-order valence-corrected chi connectivity index (χ0v) is 12.6. The molecule has 0 saturated heterocycles. The van der Waals surface area contributed by atoms with Crippen LogP contribution in [0.4, 0.5) is 5.69 Å². The van der Waals surface area contributed by atoms with Gasteiger partial charge in [-0.3, -0.25) is 4.79 Å². The average molecular weight is 287 g/mol. The number of ether oxygens (including phenoxy) is 1. The van der Waals surface area contributed by atoms with Crippen LogP contribution >= 0.6 is 12.4 Å². The Hall–Kier alpha value is -1.10. The molecule has 1 amide bonds. The molecular weight excluding hydrogens is 264 g/mol. The lowest BCUT2D eigenvalue weighted by Crippen LogP contribution is -2.30. The van der Waals surface area contributed by atoms with E-state index in [1.165, 1.54) is 11.1 Å². The summed E-state index contributed by atoms with van der Waals surface area (Å²) in [5, 5.41) is 5.89. The number of halogens is 1. The Morgan fingerprint density at radius 1 is 1.37 bits per heavy atom. The van der Waals surface area contributed by atoms with Crippen molar-refractivity contribution in [3.05, 3.63) is 29.3 Å². The Bertz CT molecular complexity index is 397. The molecule has 0 bridgehead atoms. The molecule has 0 saturated carbocycles. The molecule has 19 heavy (non-hydrogen) atoms. The molecule has 0 radical (unpaired) electrons. The predicted molar refractivity (Wildman–Crippen MR) is 81.2 cm³/mol. The fraction of sp³-hybridized carbons (Fsp3) is 0.500. The zero-order valence-electron chi connectivity index (χ0n) is 11.8. The van der Waals surface area contributed by atoms with E-state index in [-0.39, 0.29) is 18.3 Å². The van der Waals surface area contributed by atoms with E-state index < -0.39 is 0 Å². The molecule has 4 nitrogen and oxygen atoms in total. The summed E-state index contributed by atoms with van der Waals surface area (Å²) >= 11 is 0. The van der Waals surface area contributed by atoms with Gasteiger partial charge in [-0.1, -0.05) is 13.0 Å². The monoisotopic (exact) mass is 286 g/mol. The molecule has 1 rings (SSSR count). The molecule has 0 atom stereocenters. The van der Waals surface area contributed by atoms with E-state index in [4.69, 9.17) is 4.74 Å². The third-order valence-corrected chi connectivity index (χ3v) is 2.78. The van der Waals surface area contributed by atoms with E-state index in [0.717, 1.165) is 12.1 Å². The van der Waals surface area contributed by atoms with Gasteiger partial charge in [-0.25, -0.2) is 0 Å². The molecule has 0 aliphatic rings. The van der Waals surface area contributed by atoms with E-state index in [1.54, 1.807) is 7.11 Å². The normalized spacial score (nSPS) is 9.84. The minimum Gasteiger partial charge on any atom is -0.383 e. The van der Waals surface area contributed by atoms with Gasteiger partial charge in [0.1, 0.15) is 0 Å². The van der Waals surface area contributed by atoms with Gasteiger partial charge in [0.15, 0.2) is 0 Å². The molecule has 0 aromatic heterocycles. The van der Waals surface area contributed by atoms with Crippen molar-refractivity contribution in [2.75, 3.05) is 32.1 Å². The van der Waals surface area contributed by atoms with Crippen molar-refractivity contribution < 1.29 is 9.53 Å². The predicted octanol–water partition coefficient (Wildman–Crippen LogP) is 2.15. The number of hydrogen-bond donors (Lipinski definition) is 2.